The Balaban J connectivity index is 2.00. The maximum atomic E-state index is 11.2. The fourth-order valence-electron chi connectivity index (χ4n) is 2.82. The highest BCUT2D eigenvalue weighted by Crippen LogP contribution is 2.20. The lowest BCUT2D eigenvalue weighted by atomic mass is 10.0. The lowest BCUT2D eigenvalue weighted by molar-refractivity contribution is -0.151. The zero-order chi connectivity index (χ0) is 12.3. The van der Waals surface area contributed by atoms with Crippen molar-refractivity contribution in [3.05, 3.63) is 0 Å². The van der Waals surface area contributed by atoms with Crippen LogP contribution in [-0.2, 0) is 9.53 Å². The summed E-state index contributed by atoms with van der Waals surface area (Å²) in [4.78, 5) is 15.7. The van der Waals surface area contributed by atoms with Gasteiger partial charge in [0.05, 0.1) is 13.2 Å². The fourth-order valence-corrected chi connectivity index (χ4v) is 2.82. The molecule has 5 nitrogen and oxygen atoms in total. The highest BCUT2D eigenvalue weighted by atomic mass is 16.5. The lowest BCUT2D eigenvalue weighted by Gasteiger charge is -2.38. The first-order valence-corrected chi connectivity index (χ1v) is 6.43. The molecule has 2 unspecified atom stereocenters. The van der Waals surface area contributed by atoms with Crippen LogP contribution in [-0.4, -0.2) is 72.9 Å². The zero-order valence-electron chi connectivity index (χ0n) is 10.5. The summed E-state index contributed by atoms with van der Waals surface area (Å²) in [6.45, 7) is 3.94. The van der Waals surface area contributed by atoms with Gasteiger partial charge in [-0.15, -0.1) is 0 Å². The van der Waals surface area contributed by atoms with Gasteiger partial charge in [-0.05, 0) is 39.4 Å². The van der Waals surface area contributed by atoms with E-state index >= 15 is 0 Å². The number of hydrogen-bond acceptors (Lipinski definition) is 4. The van der Waals surface area contributed by atoms with Crippen LogP contribution in [0.15, 0.2) is 0 Å². The Hall–Kier alpha value is -0.650. The third-order valence-electron chi connectivity index (χ3n) is 3.85. The Morgan fingerprint density at radius 3 is 2.88 bits per heavy atom. The normalized spacial score (nSPS) is 33.2. The molecule has 0 radical (unpaired) electrons. The van der Waals surface area contributed by atoms with Crippen molar-refractivity contribution in [2.75, 3.05) is 39.9 Å². The second-order valence-corrected chi connectivity index (χ2v) is 5.05. The summed E-state index contributed by atoms with van der Waals surface area (Å²) in [7, 11) is 2.14. The second-order valence-electron chi connectivity index (χ2n) is 5.05. The van der Waals surface area contributed by atoms with Crippen LogP contribution in [0.2, 0.25) is 0 Å². The van der Waals surface area contributed by atoms with Gasteiger partial charge in [0.15, 0.2) is 0 Å². The first kappa shape index (κ1) is 12.8. The quantitative estimate of drug-likeness (QED) is 0.752. The summed E-state index contributed by atoms with van der Waals surface area (Å²) in [5.41, 5.74) is 0. The smallest absolute Gasteiger partial charge is 0.323 e. The van der Waals surface area contributed by atoms with Crippen molar-refractivity contribution >= 4 is 5.97 Å². The molecule has 0 amide bonds. The van der Waals surface area contributed by atoms with E-state index in [1.807, 2.05) is 0 Å². The van der Waals surface area contributed by atoms with E-state index in [0.717, 1.165) is 38.9 Å². The van der Waals surface area contributed by atoms with Crippen LogP contribution in [0.25, 0.3) is 0 Å². The molecular weight excluding hydrogens is 220 g/mol. The first-order valence-electron chi connectivity index (χ1n) is 6.43. The van der Waals surface area contributed by atoms with E-state index in [2.05, 4.69) is 16.8 Å². The van der Waals surface area contributed by atoms with Gasteiger partial charge >= 0.3 is 5.97 Å². The average molecular weight is 242 g/mol. The minimum Gasteiger partial charge on any atom is -0.480 e. The molecule has 98 valence electrons. The van der Waals surface area contributed by atoms with Crippen LogP contribution >= 0.6 is 0 Å². The molecule has 0 aliphatic carbocycles. The molecule has 17 heavy (non-hydrogen) atoms. The molecule has 0 aromatic heterocycles. The van der Waals surface area contributed by atoms with Crippen molar-refractivity contribution in [2.24, 2.45) is 0 Å². The van der Waals surface area contributed by atoms with E-state index in [-0.39, 0.29) is 0 Å². The van der Waals surface area contributed by atoms with E-state index in [9.17, 15) is 9.90 Å². The monoisotopic (exact) mass is 242 g/mol. The summed E-state index contributed by atoms with van der Waals surface area (Å²) in [6, 6.07) is -0.0397. The standard InChI is InChI=1S/C12H22N2O3/c1-13-5-2-3-10(4-6-13)14-7-8-17-9-11(14)12(15)16/h10-11H,2-9H2,1H3,(H,15,16). The number of morpholine rings is 1. The summed E-state index contributed by atoms with van der Waals surface area (Å²) >= 11 is 0. The largest absolute Gasteiger partial charge is 0.480 e. The van der Waals surface area contributed by atoms with Crippen molar-refractivity contribution in [1.29, 1.82) is 0 Å². The Morgan fingerprint density at radius 1 is 1.29 bits per heavy atom. The molecule has 1 N–H and O–H groups in total. The molecular formula is C12H22N2O3. The van der Waals surface area contributed by atoms with Gasteiger partial charge in [0.25, 0.3) is 0 Å². The van der Waals surface area contributed by atoms with E-state index in [1.165, 1.54) is 0 Å². The maximum absolute atomic E-state index is 11.2. The number of nitrogens with zero attached hydrogens (tertiary/aromatic N) is 2. The SMILES string of the molecule is CN1CCCC(N2CCOCC2C(=O)O)CC1. The van der Waals surface area contributed by atoms with Crippen LogP contribution in [0, 0.1) is 0 Å². The van der Waals surface area contributed by atoms with Gasteiger partial charge in [-0.1, -0.05) is 0 Å². The molecule has 2 saturated heterocycles. The molecule has 2 atom stereocenters. The number of rotatable bonds is 2. The molecule has 0 spiro atoms. The first-order chi connectivity index (χ1) is 8.18. The molecule has 2 aliphatic rings. The number of carboxylic acid groups (broad SMARTS) is 1. The average Bonchev–Trinajstić information content (AvgIpc) is 2.54. The summed E-state index contributed by atoms with van der Waals surface area (Å²) in [5, 5.41) is 9.23. The van der Waals surface area contributed by atoms with Crippen molar-refractivity contribution < 1.29 is 14.6 Å². The number of carboxylic acids is 1. The molecule has 0 bridgehead atoms. The number of aliphatic carboxylic acids is 1. The van der Waals surface area contributed by atoms with Gasteiger partial charge in [0.1, 0.15) is 6.04 Å². The van der Waals surface area contributed by atoms with Crippen molar-refractivity contribution in [1.82, 2.24) is 9.80 Å². The van der Waals surface area contributed by atoms with Gasteiger partial charge in [0.2, 0.25) is 0 Å². The molecule has 0 saturated carbocycles. The van der Waals surface area contributed by atoms with Crippen molar-refractivity contribution in [3.8, 4) is 0 Å². The lowest BCUT2D eigenvalue weighted by Crippen LogP contribution is -2.54. The van der Waals surface area contributed by atoms with Crippen LogP contribution in [0.3, 0.4) is 0 Å². The van der Waals surface area contributed by atoms with Gasteiger partial charge < -0.3 is 14.7 Å². The predicted molar refractivity (Wildman–Crippen MR) is 64.1 cm³/mol. The predicted octanol–water partition coefficient (Wildman–Crippen LogP) is 0.256. The van der Waals surface area contributed by atoms with Crippen LogP contribution in [0.1, 0.15) is 19.3 Å². The molecule has 0 aromatic rings. The maximum Gasteiger partial charge on any atom is 0.323 e. The van der Waals surface area contributed by atoms with Gasteiger partial charge in [-0.2, -0.15) is 0 Å². The number of hydrogen-bond donors (Lipinski definition) is 1. The Kier molecular flexibility index (Phi) is 4.36. The minimum absolute atomic E-state index is 0.335. The highest BCUT2D eigenvalue weighted by molar-refractivity contribution is 5.73. The fraction of sp³-hybridized carbons (Fsp3) is 0.917. The van der Waals surface area contributed by atoms with Gasteiger partial charge in [0, 0.05) is 12.6 Å². The Bertz CT molecular complexity index is 272. The second kappa shape index (κ2) is 5.80. The number of ether oxygens (including phenoxy) is 1. The van der Waals surface area contributed by atoms with Crippen LogP contribution in [0.5, 0.6) is 0 Å². The molecule has 2 heterocycles. The Morgan fingerprint density at radius 2 is 2.12 bits per heavy atom. The van der Waals surface area contributed by atoms with E-state index in [0.29, 0.717) is 19.3 Å². The minimum atomic E-state index is -0.748. The third kappa shape index (κ3) is 3.18. The highest BCUT2D eigenvalue weighted by Gasteiger charge is 2.34. The third-order valence-corrected chi connectivity index (χ3v) is 3.85. The van der Waals surface area contributed by atoms with Crippen LogP contribution in [0.4, 0.5) is 0 Å². The van der Waals surface area contributed by atoms with E-state index in [1.54, 1.807) is 0 Å². The molecule has 2 rings (SSSR count). The zero-order valence-corrected chi connectivity index (χ0v) is 10.5. The van der Waals surface area contributed by atoms with Crippen molar-refractivity contribution in [3.63, 3.8) is 0 Å². The van der Waals surface area contributed by atoms with Gasteiger partial charge in [-0.3, -0.25) is 9.69 Å². The molecule has 0 aromatic carbocycles. The summed E-state index contributed by atoms with van der Waals surface area (Å²) in [5.74, 6) is -0.748. The van der Waals surface area contributed by atoms with E-state index in [4.69, 9.17) is 4.74 Å². The number of likely N-dealkylation sites (tertiary alicyclic amines) is 1. The summed E-state index contributed by atoms with van der Waals surface area (Å²) in [6.07, 6.45) is 3.33. The van der Waals surface area contributed by atoms with Crippen LogP contribution < -0.4 is 0 Å². The molecule has 2 fully saturated rings. The topological polar surface area (TPSA) is 53.0 Å². The summed E-state index contributed by atoms with van der Waals surface area (Å²) < 4.78 is 5.28. The van der Waals surface area contributed by atoms with Gasteiger partial charge in [-0.25, -0.2) is 0 Å². The van der Waals surface area contributed by atoms with Crippen molar-refractivity contribution in [2.45, 2.75) is 31.3 Å². The molecule has 5 heteroatoms. The molecule has 2 aliphatic heterocycles. The Labute approximate surface area is 102 Å². The van der Waals surface area contributed by atoms with E-state index < -0.39 is 12.0 Å². The number of carbonyl (C=O) groups is 1.